The number of methoxy groups -OCH3 is 2. The summed E-state index contributed by atoms with van der Waals surface area (Å²) in [6.45, 7) is 0. The van der Waals surface area contributed by atoms with E-state index in [-0.39, 0.29) is 23.3 Å². The summed E-state index contributed by atoms with van der Waals surface area (Å²) in [5.41, 5.74) is 3.93. The van der Waals surface area contributed by atoms with Gasteiger partial charge in [0.05, 0.1) is 25.9 Å². The summed E-state index contributed by atoms with van der Waals surface area (Å²) in [5.74, 6) is -7.43. The molecule has 2 aromatic carbocycles. The van der Waals surface area contributed by atoms with Crippen LogP contribution in [0, 0.1) is 17.8 Å². The lowest BCUT2D eigenvalue weighted by Crippen LogP contribution is -2.73. The second-order valence-electron chi connectivity index (χ2n) is 11.1. The second kappa shape index (κ2) is 8.93. The van der Waals surface area contributed by atoms with Gasteiger partial charge in [0.2, 0.25) is 17.4 Å². The number of carbonyl (C=O) groups is 3. The number of likely N-dealkylation sites (N-methyl/N-ethyl adjacent to an activating group) is 1. The van der Waals surface area contributed by atoms with Crippen molar-refractivity contribution >= 4 is 23.2 Å². The van der Waals surface area contributed by atoms with Crippen LogP contribution in [0.25, 0.3) is 16.9 Å². The number of hydrogen-bond donors (Lipinski definition) is 5. The van der Waals surface area contributed by atoms with Gasteiger partial charge in [-0.05, 0) is 44.3 Å². The largest absolute Gasteiger partial charge is 0.507 e. The summed E-state index contributed by atoms with van der Waals surface area (Å²) in [5, 5.41) is 45.4. The minimum atomic E-state index is -2.77. The number of aliphatic hydroxyl groups is 3. The molecule has 6 N–H and O–H groups in total. The Morgan fingerprint density at radius 2 is 1.78 bits per heavy atom. The molecule has 1 amide bonds. The molecule has 2 saturated carbocycles. The minimum absolute atomic E-state index is 0.0616. The van der Waals surface area contributed by atoms with Crippen LogP contribution in [-0.2, 0) is 14.4 Å². The van der Waals surface area contributed by atoms with Gasteiger partial charge < -0.3 is 45.3 Å². The highest BCUT2D eigenvalue weighted by molar-refractivity contribution is 6.25. The predicted octanol–water partition coefficient (Wildman–Crippen LogP) is 0.704. The Labute approximate surface area is 234 Å². The Morgan fingerprint density at radius 3 is 2.39 bits per heavy atom. The molecule has 7 atom stereocenters. The van der Waals surface area contributed by atoms with Crippen molar-refractivity contribution in [3.8, 4) is 34.1 Å². The maximum absolute atomic E-state index is 14.2. The van der Waals surface area contributed by atoms with Gasteiger partial charge in [-0.1, -0.05) is 6.07 Å². The number of ketones is 2. The number of rotatable bonds is 4. The van der Waals surface area contributed by atoms with E-state index in [1.54, 1.807) is 32.3 Å². The number of phenols is 1. The molecule has 1 heterocycles. The van der Waals surface area contributed by atoms with Gasteiger partial charge in [0, 0.05) is 34.6 Å². The molecule has 4 aliphatic rings. The lowest BCUT2D eigenvalue weighted by atomic mass is 9.53. The summed E-state index contributed by atoms with van der Waals surface area (Å²) in [7, 11) is 6.11. The van der Waals surface area contributed by atoms with Gasteiger partial charge in [-0.3, -0.25) is 14.4 Å². The van der Waals surface area contributed by atoms with E-state index >= 15 is 0 Å². The number of hydrogen-bond acceptors (Lipinski definition) is 11. The number of aliphatic hydroxyl groups excluding tert-OH is 2. The van der Waals surface area contributed by atoms with Crippen molar-refractivity contribution in [2.75, 3.05) is 28.3 Å². The fourth-order valence-corrected chi connectivity index (χ4v) is 7.35. The van der Waals surface area contributed by atoms with Crippen LogP contribution in [0.3, 0.4) is 0 Å². The Balaban J connectivity index is 1.61. The average molecular weight is 567 g/mol. The molecule has 1 aliphatic heterocycles. The van der Waals surface area contributed by atoms with Crippen molar-refractivity contribution < 1.29 is 49.0 Å². The number of benzene rings is 2. The van der Waals surface area contributed by atoms with Crippen LogP contribution in [0.1, 0.15) is 23.7 Å². The van der Waals surface area contributed by atoms with Crippen LogP contribution in [0.4, 0.5) is 0 Å². The van der Waals surface area contributed by atoms with E-state index in [4.69, 9.17) is 19.9 Å². The maximum atomic E-state index is 14.2. The number of aromatic hydroxyl groups is 1. The Kier molecular flexibility index (Phi) is 5.90. The van der Waals surface area contributed by atoms with Crippen LogP contribution in [0.2, 0.25) is 0 Å². The third kappa shape index (κ3) is 3.29. The van der Waals surface area contributed by atoms with Gasteiger partial charge in [0.25, 0.3) is 0 Å². The monoisotopic (exact) mass is 566 g/mol. The van der Waals surface area contributed by atoms with Crippen LogP contribution >= 0.6 is 0 Å². The van der Waals surface area contributed by atoms with E-state index in [1.165, 1.54) is 25.2 Å². The zero-order valence-electron chi connectivity index (χ0n) is 22.7. The van der Waals surface area contributed by atoms with Crippen LogP contribution in [0.5, 0.6) is 23.0 Å². The van der Waals surface area contributed by atoms with Gasteiger partial charge in [-0.2, -0.15) is 0 Å². The number of phenolic OH excluding ortho intramolecular Hbond substituents is 1. The van der Waals surface area contributed by atoms with E-state index in [0.717, 1.165) is 0 Å². The zero-order chi connectivity index (χ0) is 29.7. The van der Waals surface area contributed by atoms with E-state index in [9.17, 15) is 34.8 Å². The van der Waals surface area contributed by atoms with Gasteiger partial charge in [0.1, 0.15) is 23.5 Å². The summed E-state index contributed by atoms with van der Waals surface area (Å²) in [6.07, 6.45) is -2.66. The molecule has 6 rings (SSSR count). The number of primary amides is 1. The molecule has 0 bridgehead atoms. The number of amides is 1. The highest BCUT2D eigenvalue weighted by Gasteiger charge is 2.69. The average Bonchev–Trinajstić information content (AvgIpc) is 2.92. The van der Waals surface area contributed by atoms with Crippen molar-refractivity contribution in [1.82, 2.24) is 4.90 Å². The Bertz CT molecular complexity index is 1570. The number of carbonyl (C=O) groups excluding carboxylic acids is 3. The van der Waals surface area contributed by atoms with E-state index in [1.807, 2.05) is 0 Å². The third-order valence-corrected chi connectivity index (χ3v) is 9.07. The normalized spacial score (nSPS) is 31.5. The first-order chi connectivity index (χ1) is 19.4. The molecule has 3 aliphatic carbocycles. The lowest BCUT2D eigenvalue weighted by molar-refractivity contribution is -0.185. The molecule has 0 aromatic heterocycles. The number of fused-ring (bicyclic) bond motifs is 5. The zero-order valence-corrected chi connectivity index (χ0v) is 22.7. The van der Waals surface area contributed by atoms with Crippen molar-refractivity contribution in [2.24, 2.45) is 23.5 Å². The molecule has 2 aromatic rings. The first kappa shape index (κ1) is 27.1. The first-order valence-corrected chi connectivity index (χ1v) is 13.1. The van der Waals surface area contributed by atoms with Crippen molar-refractivity contribution in [3.63, 3.8) is 0 Å². The molecule has 0 radical (unpaired) electrons. The maximum Gasteiger partial charge on any atom is 0.230 e. The topological polar surface area (TPSA) is 189 Å². The summed E-state index contributed by atoms with van der Waals surface area (Å²) in [6, 6.07) is 5.45. The van der Waals surface area contributed by atoms with Gasteiger partial charge >= 0.3 is 0 Å². The molecule has 2 fully saturated rings. The molecule has 12 heteroatoms. The highest BCUT2D eigenvalue weighted by atomic mass is 16.5. The molecule has 3 unspecified atom stereocenters. The summed E-state index contributed by atoms with van der Waals surface area (Å²) < 4.78 is 17.6. The molecule has 216 valence electrons. The molecular formula is C29H30N2O10. The van der Waals surface area contributed by atoms with Gasteiger partial charge in [0.15, 0.2) is 22.9 Å². The van der Waals surface area contributed by atoms with Crippen LogP contribution in [0.15, 0.2) is 29.8 Å². The molecule has 41 heavy (non-hydrogen) atoms. The lowest BCUT2D eigenvalue weighted by Gasteiger charge is -2.54. The Morgan fingerprint density at radius 1 is 1.10 bits per heavy atom. The summed E-state index contributed by atoms with van der Waals surface area (Å²) in [4.78, 5) is 41.6. The quantitative estimate of drug-likeness (QED) is 0.328. The fourth-order valence-electron chi connectivity index (χ4n) is 7.35. The first-order valence-electron chi connectivity index (χ1n) is 13.1. The van der Waals surface area contributed by atoms with E-state index in [2.05, 4.69) is 0 Å². The number of nitrogens with zero attached hydrogens (tertiary/aromatic N) is 1. The second-order valence-corrected chi connectivity index (χ2v) is 11.1. The number of nitrogens with two attached hydrogens (primary N) is 1. The summed E-state index contributed by atoms with van der Waals surface area (Å²) >= 11 is 0. The van der Waals surface area contributed by atoms with Gasteiger partial charge in [-0.15, -0.1) is 0 Å². The standard InChI is InChI=1S/C29H30N2O10/c1-31(2)20-13-9-12-17(26(35)29(13,38)27(36)19(22(20)34)28(30)37)21(33)18-14(32)7-5-10-11-6-8-15(39-3)25(40-4)24(11)41-23(12)16(10)18/h5-8,12-13,19-20,22-23,32-34,38H,9H2,1-4H3,(H2,30,37)/t12-,13-,19?,20-,22?,23?,29-/m1/s1. The number of ether oxygens (including phenoxy) is 3. The Hall–Kier alpha value is -4.13. The van der Waals surface area contributed by atoms with E-state index < -0.39 is 64.8 Å². The van der Waals surface area contributed by atoms with Crippen LogP contribution < -0.4 is 19.9 Å². The fraction of sp³-hybridized carbons (Fsp3) is 0.414. The van der Waals surface area contributed by atoms with Gasteiger partial charge in [-0.25, -0.2) is 0 Å². The smallest absolute Gasteiger partial charge is 0.230 e. The van der Waals surface area contributed by atoms with Crippen molar-refractivity contribution in [2.45, 2.75) is 30.3 Å². The SMILES string of the molecule is COc1ccc2c(c1OC)OC1c3c-2ccc(O)c3C(O)=C2C(=O)[C@@]3(O)C(=O)C(C(N)=O)C(O)[C@H](N(C)C)[C@H]3C[C@H]21. The molecular weight excluding hydrogens is 536 g/mol. The van der Waals surface area contributed by atoms with Crippen LogP contribution in [-0.4, -0.2) is 88.9 Å². The van der Waals surface area contributed by atoms with Crippen molar-refractivity contribution in [3.05, 3.63) is 41.0 Å². The predicted molar refractivity (Wildman–Crippen MR) is 142 cm³/mol. The highest BCUT2D eigenvalue weighted by Crippen LogP contribution is 2.61. The molecule has 0 saturated heterocycles. The van der Waals surface area contributed by atoms with Crippen molar-refractivity contribution in [1.29, 1.82) is 0 Å². The minimum Gasteiger partial charge on any atom is -0.507 e. The third-order valence-electron chi connectivity index (χ3n) is 9.07. The van der Waals surface area contributed by atoms with E-state index in [0.29, 0.717) is 33.9 Å². The molecule has 0 spiro atoms. The molecule has 12 nitrogen and oxygen atoms in total. The number of Topliss-reactive ketones (excluding diaryl/α,β-unsaturated/α-hetero) is 2.